The first-order valence-electron chi connectivity index (χ1n) is 11.1. The van der Waals surface area contributed by atoms with Gasteiger partial charge in [0.25, 0.3) is 5.66 Å². The van der Waals surface area contributed by atoms with Crippen molar-refractivity contribution in [3.05, 3.63) is 72.2 Å². The summed E-state index contributed by atoms with van der Waals surface area (Å²) in [7, 11) is -1.13. The van der Waals surface area contributed by atoms with Crippen molar-refractivity contribution in [2.45, 2.75) is 36.9 Å². The number of hydrogen-bond donors (Lipinski definition) is 1. The lowest BCUT2D eigenvalue weighted by atomic mass is 9.99. The van der Waals surface area contributed by atoms with Gasteiger partial charge in [-0.05, 0) is 47.1 Å². The fourth-order valence-electron chi connectivity index (χ4n) is 3.76. The van der Waals surface area contributed by atoms with E-state index in [1.54, 1.807) is 18.2 Å². The lowest BCUT2D eigenvalue weighted by Gasteiger charge is -2.17. The lowest BCUT2D eigenvalue weighted by molar-refractivity contribution is -0.136. The third-order valence-corrected chi connectivity index (χ3v) is 7.03. The van der Waals surface area contributed by atoms with E-state index in [1.807, 2.05) is 30.3 Å². The Kier molecular flexibility index (Phi) is 7.67. The minimum Gasteiger partial charge on any atom is -0.424 e. The maximum Gasteiger partial charge on any atom is 0.526 e. The number of carbonyl (C=O) groups is 1. The molecule has 1 heterocycles. The average Bonchev–Trinajstić information content (AvgIpc) is 3.71. The zero-order valence-electron chi connectivity index (χ0n) is 19.1. The number of aliphatic hydroxyl groups is 1. The van der Waals surface area contributed by atoms with Crippen LogP contribution in [-0.4, -0.2) is 34.9 Å². The molecule has 8 heteroatoms. The van der Waals surface area contributed by atoms with E-state index in [0.29, 0.717) is 22.5 Å². The van der Waals surface area contributed by atoms with E-state index in [-0.39, 0.29) is 17.5 Å². The van der Waals surface area contributed by atoms with Crippen molar-refractivity contribution in [2.75, 3.05) is 7.11 Å². The molecule has 0 aliphatic heterocycles. The van der Waals surface area contributed by atoms with Gasteiger partial charge in [0, 0.05) is 17.0 Å². The zero-order chi connectivity index (χ0) is 24.9. The molecule has 6 nitrogen and oxygen atoms in total. The normalized spacial score (nSPS) is 15.1. The molecule has 4 rings (SSSR count). The molecule has 1 aromatic heterocycles. The number of esters is 1. The molecule has 0 radical (unpaired) electrons. The Morgan fingerprint density at radius 2 is 1.89 bits per heavy atom. The first-order valence-corrected chi connectivity index (χ1v) is 12.4. The smallest absolute Gasteiger partial charge is 0.424 e. The molecular formula is C27H24FNO5P+. The summed E-state index contributed by atoms with van der Waals surface area (Å²) in [5.41, 5.74) is 2.31. The van der Waals surface area contributed by atoms with Gasteiger partial charge in [0.15, 0.2) is 5.75 Å². The second kappa shape index (κ2) is 10.9. The zero-order valence-corrected chi connectivity index (χ0v) is 20.0. The number of pyridine rings is 1. The van der Waals surface area contributed by atoms with Gasteiger partial charge in [0.2, 0.25) is 0 Å². The maximum atomic E-state index is 13.6. The number of halogens is 1. The molecule has 3 atom stereocenters. The molecule has 1 saturated carbocycles. The Hall–Kier alpha value is -3.43. The number of rotatable bonds is 9. The van der Waals surface area contributed by atoms with Gasteiger partial charge in [-0.2, -0.15) is 0 Å². The van der Waals surface area contributed by atoms with Gasteiger partial charge < -0.3 is 9.84 Å². The highest BCUT2D eigenvalue weighted by atomic mass is 31.1. The Balaban J connectivity index is 1.74. The molecule has 1 N–H and O–H groups in total. The van der Waals surface area contributed by atoms with Crippen LogP contribution in [0.15, 0.2) is 60.7 Å². The fourth-order valence-corrected chi connectivity index (χ4v) is 4.49. The van der Waals surface area contributed by atoms with Crippen LogP contribution in [0, 0.1) is 18.2 Å². The predicted molar refractivity (Wildman–Crippen MR) is 131 cm³/mol. The van der Waals surface area contributed by atoms with E-state index >= 15 is 0 Å². The second-order valence-electron chi connectivity index (χ2n) is 8.24. The highest BCUT2D eigenvalue weighted by molar-refractivity contribution is 7.40. The topological polar surface area (TPSA) is 85.7 Å². The minimum absolute atomic E-state index is 0.118. The van der Waals surface area contributed by atoms with E-state index in [1.165, 1.54) is 19.2 Å². The van der Waals surface area contributed by atoms with Crippen LogP contribution in [0.4, 0.5) is 4.39 Å². The Labute approximate surface area is 204 Å². The summed E-state index contributed by atoms with van der Waals surface area (Å²) in [4.78, 5) is 17.7. The maximum absolute atomic E-state index is 13.6. The molecule has 1 fully saturated rings. The minimum atomic E-state index is -2.35. The van der Waals surface area contributed by atoms with E-state index in [9.17, 15) is 18.9 Å². The fraction of sp³-hybridized carbons (Fsp3) is 0.259. The van der Waals surface area contributed by atoms with Crippen molar-refractivity contribution in [1.82, 2.24) is 4.98 Å². The molecule has 0 spiro atoms. The molecule has 0 bridgehead atoms. The van der Waals surface area contributed by atoms with Crippen LogP contribution in [0.5, 0.6) is 5.75 Å². The van der Waals surface area contributed by atoms with Crippen LogP contribution in [0.2, 0.25) is 0 Å². The number of hydrogen-bond acceptors (Lipinski definition) is 6. The van der Waals surface area contributed by atoms with Gasteiger partial charge in [-0.1, -0.05) is 42.5 Å². The molecule has 178 valence electrons. The number of aromatic nitrogens is 1. The van der Waals surface area contributed by atoms with Crippen LogP contribution >= 0.6 is 8.03 Å². The highest BCUT2D eigenvalue weighted by Gasteiger charge is 2.39. The van der Waals surface area contributed by atoms with Gasteiger partial charge in [-0.3, -0.25) is 4.79 Å². The van der Waals surface area contributed by atoms with Crippen molar-refractivity contribution in [3.63, 3.8) is 0 Å². The summed E-state index contributed by atoms with van der Waals surface area (Å²) in [6.07, 6.45) is 5.27. The number of aliphatic hydroxyl groups excluding tert-OH is 1. The molecule has 1 aliphatic carbocycles. The van der Waals surface area contributed by atoms with Crippen LogP contribution in [0.3, 0.4) is 0 Å². The summed E-state index contributed by atoms with van der Waals surface area (Å²) in [5.74, 6) is 1.46. The number of ether oxygens (including phenoxy) is 1. The number of terminal acetylenes is 1. The molecule has 0 amide bonds. The monoisotopic (exact) mass is 492 g/mol. The Morgan fingerprint density at radius 3 is 2.49 bits per heavy atom. The SMILES string of the molecule is C#CC(C(O)CC(=O)Oc1c(-c2ccc(F)cc2)cc(-c2ccccc2)nc1C1CC1)[P+](=O)OC. The molecule has 0 saturated heterocycles. The molecule has 2 aromatic carbocycles. The number of nitrogens with zero attached hydrogens (tertiary/aromatic N) is 1. The van der Waals surface area contributed by atoms with E-state index in [2.05, 4.69) is 5.92 Å². The highest BCUT2D eigenvalue weighted by Crippen LogP contribution is 2.48. The van der Waals surface area contributed by atoms with Crippen LogP contribution in [0.25, 0.3) is 22.4 Å². The molecule has 3 unspecified atom stereocenters. The van der Waals surface area contributed by atoms with Crippen molar-refractivity contribution < 1.29 is 28.1 Å². The largest absolute Gasteiger partial charge is 0.526 e. The van der Waals surface area contributed by atoms with Crippen molar-refractivity contribution in [2.24, 2.45) is 0 Å². The van der Waals surface area contributed by atoms with Gasteiger partial charge in [0.05, 0.1) is 24.9 Å². The van der Waals surface area contributed by atoms with Crippen LogP contribution in [-0.2, 0) is 13.9 Å². The summed E-state index contributed by atoms with van der Waals surface area (Å²) in [6, 6.07) is 17.3. The summed E-state index contributed by atoms with van der Waals surface area (Å²) in [6.45, 7) is 0. The average molecular weight is 492 g/mol. The van der Waals surface area contributed by atoms with E-state index in [4.69, 9.17) is 20.7 Å². The van der Waals surface area contributed by atoms with Gasteiger partial charge in [-0.15, -0.1) is 10.9 Å². The second-order valence-corrected chi connectivity index (χ2v) is 9.73. The Bertz CT molecular complexity index is 1270. The molecule has 35 heavy (non-hydrogen) atoms. The van der Waals surface area contributed by atoms with E-state index in [0.717, 1.165) is 18.4 Å². The molecule has 1 aliphatic rings. The lowest BCUT2D eigenvalue weighted by Crippen LogP contribution is -2.27. The third kappa shape index (κ3) is 5.80. The molecule has 3 aromatic rings. The van der Waals surface area contributed by atoms with Crippen molar-refractivity contribution in [3.8, 4) is 40.5 Å². The number of benzene rings is 2. The van der Waals surface area contributed by atoms with E-state index < -0.39 is 32.2 Å². The first-order chi connectivity index (χ1) is 16.9. The third-order valence-electron chi connectivity index (χ3n) is 5.72. The van der Waals surface area contributed by atoms with Crippen LogP contribution < -0.4 is 4.74 Å². The van der Waals surface area contributed by atoms with Crippen LogP contribution in [0.1, 0.15) is 30.9 Å². The van der Waals surface area contributed by atoms with Crippen molar-refractivity contribution in [1.29, 1.82) is 0 Å². The predicted octanol–water partition coefficient (Wildman–Crippen LogP) is 5.48. The van der Waals surface area contributed by atoms with Gasteiger partial charge in [0.1, 0.15) is 11.9 Å². The van der Waals surface area contributed by atoms with Gasteiger partial charge >= 0.3 is 14.0 Å². The first kappa shape index (κ1) is 24.7. The quantitative estimate of drug-likeness (QED) is 0.242. The Morgan fingerprint density at radius 1 is 1.20 bits per heavy atom. The number of carbonyl (C=O) groups excluding carboxylic acids is 1. The van der Waals surface area contributed by atoms with Gasteiger partial charge in [-0.25, -0.2) is 9.37 Å². The standard InChI is InChI=1S/C27H24FNO5P/c1-3-24(35(32)33-2)23(30)16-25(31)34-27-21(17-11-13-20(28)14-12-17)15-22(18-7-5-4-6-8-18)29-26(27)19-9-10-19/h1,4-8,11-15,19,23-24,30H,9-10,16H2,2H3/q+1. The summed E-state index contributed by atoms with van der Waals surface area (Å²) in [5, 5.41) is 10.4. The summed E-state index contributed by atoms with van der Waals surface area (Å²) < 4.78 is 36.1. The summed E-state index contributed by atoms with van der Waals surface area (Å²) >= 11 is 0. The van der Waals surface area contributed by atoms with Crippen molar-refractivity contribution >= 4 is 14.0 Å². The molecular weight excluding hydrogens is 468 g/mol.